The van der Waals surface area contributed by atoms with Crippen LogP contribution in [0.15, 0.2) is 48.5 Å². The molecule has 0 amide bonds. The minimum Gasteiger partial charge on any atom is -0.493 e. The van der Waals surface area contributed by atoms with Crippen molar-refractivity contribution in [2.45, 2.75) is 13.0 Å². The number of para-hydroxylation sites is 3. The van der Waals surface area contributed by atoms with Gasteiger partial charge in [0, 0.05) is 0 Å². The van der Waals surface area contributed by atoms with Gasteiger partial charge < -0.3 is 14.8 Å². The second-order valence-corrected chi connectivity index (χ2v) is 4.78. The maximum atomic E-state index is 12.7. The second-order valence-electron chi connectivity index (χ2n) is 4.78. The number of Topliss-reactive ketones (excluding diaryl/α,β-unsaturated/α-hetero) is 1. The average Bonchev–Trinajstić information content (AvgIpc) is 2.54. The molecule has 1 heterocycles. The van der Waals surface area contributed by atoms with Gasteiger partial charge in [0.1, 0.15) is 11.5 Å². The second kappa shape index (κ2) is 5.87. The molecular weight excluding hydrogens is 266 g/mol. The number of ether oxygens (including phenoxy) is 2. The Kier molecular flexibility index (Phi) is 3.77. The van der Waals surface area contributed by atoms with Gasteiger partial charge in [-0.25, -0.2) is 0 Å². The predicted molar refractivity (Wildman–Crippen MR) is 81.3 cm³/mol. The van der Waals surface area contributed by atoms with Crippen molar-refractivity contribution in [1.29, 1.82) is 0 Å². The van der Waals surface area contributed by atoms with Gasteiger partial charge in [0.2, 0.25) is 5.78 Å². The molecule has 0 aliphatic carbocycles. The molecule has 0 saturated heterocycles. The third-order valence-corrected chi connectivity index (χ3v) is 3.38. The SMILES string of the molecule is CCOc1ccccc1C(=O)C1CNc2ccccc2O1. The molecule has 4 heteroatoms. The zero-order chi connectivity index (χ0) is 14.7. The quantitative estimate of drug-likeness (QED) is 0.876. The molecule has 0 saturated carbocycles. The first-order valence-electron chi connectivity index (χ1n) is 7.05. The molecular formula is C17H17NO3. The van der Waals surface area contributed by atoms with E-state index in [1.165, 1.54) is 0 Å². The summed E-state index contributed by atoms with van der Waals surface area (Å²) in [6.07, 6.45) is -0.540. The maximum absolute atomic E-state index is 12.7. The van der Waals surface area contributed by atoms with Crippen LogP contribution in [0.2, 0.25) is 0 Å². The molecule has 1 aliphatic rings. The summed E-state index contributed by atoms with van der Waals surface area (Å²) in [5, 5.41) is 3.23. The molecule has 21 heavy (non-hydrogen) atoms. The first kappa shape index (κ1) is 13.5. The van der Waals surface area contributed by atoms with Crippen LogP contribution in [0.5, 0.6) is 11.5 Å². The molecule has 108 valence electrons. The van der Waals surface area contributed by atoms with Gasteiger partial charge in [0.25, 0.3) is 0 Å². The Labute approximate surface area is 123 Å². The van der Waals surface area contributed by atoms with Gasteiger partial charge in [-0.05, 0) is 31.2 Å². The number of carbonyl (C=O) groups is 1. The summed E-state index contributed by atoms with van der Waals surface area (Å²) in [4.78, 5) is 12.7. The first-order chi connectivity index (χ1) is 10.3. The van der Waals surface area contributed by atoms with E-state index in [2.05, 4.69) is 5.32 Å². The first-order valence-corrected chi connectivity index (χ1v) is 7.05. The van der Waals surface area contributed by atoms with Gasteiger partial charge in [-0.1, -0.05) is 24.3 Å². The van der Waals surface area contributed by atoms with Crippen molar-refractivity contribution in [3.63, 3.8) is 0 Å². The fourth-order valence-electron chi connectivity index (χ4n) is 2.38. The summed E-state index contributed by atoms with van der Waals surface area (Å²) in [5.41, 5.74) is 1.48. The van der Waals surface area contributed by atoms with E-state index in [1.54, 1.807) is 12.1 Å². The predicted octanol–water partition coefficient (Wildman–Crippen LogP) is 3.14. The van der Waals surface area contributed by atoms with Gasteiger partial charge in [0.05, 0.1) is 24.4 Å². The Balaban J connectivity index is 1.84. The molecule has 3 rings (SSSR count). The van der Waals surface area contributed by atoms with Crippen LogP contribution in [-0.2, 0) is 0 Å². The highest BCUT2D eigenvalue weighted by Gasteiger charge is 2.28. The Hall–Kier alpha value is -2.49. The van der Waals surface area contributed by atoms with Crippen LogP contribution in [0.4, 0.5) is 5.69 Å². The van der Waals surface area contributed by atoms with Gasteiger partial charge in [-0.2, -0.15) is 0 Å². The van der Waals surface area contributed by atoms with E-state index >= 15 is 0 Å². The van der Waals surface area contributed by atoms with Crippen molar-refractivity contribution >= 4 is 11.5 Å². The van der Waals surface area contributed by atoms with Crippen molar-refractivity contribution in [2.24, 2.45) is 0 Å². The van der Waals surface area contributed by atoms with Gasteiger partial charge in [-0.15, -0.1) is 0 Å². The Bertz CT molecular complexity index is 654. The highest BCUT2D eigenvalue weighted by Crippen LogP contribution is 2.30. The molecule has 4 nitrogen and oxygen atoms in total. The minimum atomic E-state index is -0.540. The number of benzene rings is 2. The molecule has 1 unspecified atom stereocenters. The van der Waals surface area contributed by atoms with Crippen LogP contribution < -0.4 is 14.8 Å². The normalized spacial score (nSPS) is 16.3. The van der Waals surface area contributed by atoms with Crippen LogP contribution in [0.3, 0.4) is 0 Å². The van der Waals surface area contributed by atoms with Gasteiger partial charge in [-0.3, -0.25) is 4.79 Å². The fourth-order valence-corrected chi connectivity index (χ4v) is 2.38. The van der Waals surface area contributed by atoms with Crippen molar-refractivity contribution in [3.05, 3.63) is 54.1 Å². The van der Waals surface area contributed by atoms with E-state index in [0.29, 0.717) is 30.2 Å². The van der Waals surface area contributed by atoms with Crippen LogP contribution in [0, 0.1) is 0 Å². The van der Waals surface area contributed by atoms with Gasteiger partial charge in [0.15, 0.2) is 6.10 Å². The molecule has 1 N–H and O–H groups in total. The molecule has 0 aromatic heterocycles. The molecule has 0 fully saturated rings. The van der Waals surface area contributed by atoms with Crippen molar-refractivity contribution < 1.29 is 14.3 Å². The highest BCUT2D eigenvalue weighted by molar-refractivity contribution is 6.02. The number of nitrogens with one attached hydrogen (secondary N) is 1. The van der Waals surface area contributed by atoms with E-state index in [0.717, 1.165) is 5.69 Å². The lowest BCUT2D eigenvalue weighted by atomic mass is 10.0. The summed E-state index contributed by atoms with van der Waals surface area (Å²) in [6.45, 7) is 2.88. The largest absolute Gasteiger partial charge is 0.493 e. The van der Waals surface area contributed by atoms with Crippen LogP contribution in [0.1, 0.15) is 17.3 Å². The highest BCUT2D eigenvalue weighted by atomic mass is 16.5. The van der Waals surface area contributed by atoms with Crippen LogP contribution in [0.25, 0.3) is 0 Å². The molecule has 1 aliphatic heterocycles. The zero-order valence-corrected chi connectivity index (χ0v) is 11.8. The summed E-state index contributed by atoms with van der Waals surface area (Å²) < 4.78 is 11.3. The van der Waals surface area contributed by atoms with Crippen molar-refractivity contribution in [2.75, 3.05) is 18.5 Å². The molecule has 1 atom stereocenters. The van der Waals surface area contributed by atoms with Crippen molar-refractivity contribution in [3.8, 4) is 11.5 Å². The molecule has 2 aromatic rings. The Morgan fingerprint density at radius 3 is 2.86 bits per heavy atom. The average molecular weight is 283 g/mol. The molecule has 2 aromatic carbocycles. The van der Waals surface area contributed by atoms with E-state index in [1.807, 2.05) is 43.3 Å². The summed E-state index contributed by atoms with van der Waals surface area (Å²) >= 11 is 0. The lowest BCUT2D eigenvalue weighted by Gasteiger charge is -2.26. The number of fused-ring (bicyclic) bond motifs is 1. The third kappa shape index (κ3) is 2.70. The standard InChI is InChI=1S/C17H17NO3/c1-2-20-14-9-5-3-7-12(14)17(19)16-11-18-13-8-4-6-10-15(13)21-16/h3-10,16,18H,2,11H2,1H3. The number of ketones is 1. The van der Waals surface area contributed by atoms with E-state index in [-0.39, 0.29) is 5.78 Å². The third-order valence-electron chi connectivity index (χ3n) is 3.38. The number of carbonyl (C=O) groups excluding carboxylic acids is 1. The summed E-state index contributed by atoms with van der Waals surface area (Å²) in [5.74, 6) is 1.24. The Morgan fingerprint density at radius 1 is 1.24 bits per heavy atom. The summed E-state index contributed by atoms with van der Waals surface area (Å²) in [7, 11) is 0. The fraction of sp³-hybridized carbons (Fsp3) is 0.235. The van der Waals surface area contributed by atoms with Gasteiger partial charge >= 0.3 is 0 Å². The van der Waals surface area contributed by atoms with E-state index in [9.17, 15) is 4.79 Å². The zero-order valence-electron chi connectivity index (χ0n) is 11.8. The lowest BCUT2D eigenvalue weighted by Crippen LogP contribution is -2.37. The van der Waals surface area contributed by atoms with Crippen LogP contribution >= 0.6 is 0 Å². The number of hydrogen-bond donors (Lipinski definition) is 1. The summed E-state index contributed by atoms with van der Waals surface area (Å²) in [6, 6.07) is 14.9. The van der Waals surface area contributed by atoms with Crippen LogP contribution in [-0.4, -0.2) is 25.0 Å². The maximum Gasteiger partial charge on any atom is 0.208 e. The minimum absolute atomic E-state index is 0.0685. The van der Waals surface area contributed by atoms with E-state index in [4.69, 9.17) is 9.47 Å². The van der Waals surface area contributed by atoms with Crippen molar-refractivity contribution in [1.82, 2.24) is 0 Å². The molecule has 0 spiro atoms. The van der Waals surface area contributed by atoms with E-state index < -0.39 is 6.10 Å². The monoisotopic (exact) mass is 283 g/mol. The smallest absolute Gasteiger partial charge is 0.208 e. The molecule has 0 bridgehead atoms. The number of rotatable bonds is 4. The number of hydrogen-bond acceptors (Lipinski definition) is 4. The molecule has 0 radical (unpaired) electrons. The Morgan fingerprint density at radius 2 is 2.00 bits per heavy atom. The topological polar surface area (TPSA) is 47.6 Å². The number of anilines is 1. The lowest BCUT2D eigenvalue weighted by molar-refractivity contribution is 0.0797.